The van der Waals surface area contributed by atoms with Crippen LogP contribution in [0, 0.1) is 0 Å². The summed E-state index contributed by atoms with van der Waals surface area (Å²) in [7, 11) is 0. The standard InChI is InChI=1S/C16H21N3/c1-4-19-12-15(11-18-19)10-17-9-14-5-7-16(8-6-14)13(2)3/h4-8,11-13,17H,1,9-10H2,2-3H3. The number of aromatic nitrogens is 2. The third kappa shape index (κ3) is 3.80. The van der Waals surface area contributed by atoms with Gasteiger partial charge in [-0.3, -0.25) is 0 Å². The van der Waals surface area contributed by atoms with Gasteiger partial charge in [0.2, 0.25) is 0 Å². The fourth-order valence-corrected chi connectivity index (χ4v) is 1.94. The van der Waals surface area contributed by atoms with Crippen LogP contribution >= 0.6 is 0 Å². The van der Waals surface area contributed by atoms with E-state index in [1.165, 1.54) is 16.7 Å². The van der Waals surface area contributed by atoms with Crippen LogP contribution in [0.4, 0.5) is 0 Å². The predicted octanol–water partition coefficient (Wildman–Crippen LogP) is 3.40. The summed E-state index contributed by atoms with van der Waals surface area (Å²) in [6.07, 6.45) is 5.52. The van der Waals surface area contributed by atoms with Crippen LogP contribution in [0.3, 0.4) is 0 Å². The van der Waals surface area contributed by atoms with Crippen LogP contribution in [0.15, 0.2) is 43.2 Å². The molecule has 1 aromatic heterocycles. The van der Waals surface area contributed by atoms with Crippen molar-refractivity contribution < 1.29 is 0 Å². The van der Waals surface area contributed by atoms with Crippen molar-refractivity contribution in [1.29, 1.82) is 0 Å². The minimum atomic E-state index is 0.590. The second kappa shape index (κ2) is 6.34. The van der Waals surface area contributed by atoms with Gasteiger partial charge in [-0.1, -0.05) is 44.7 Å². The lowest BCUT2D eigenvalue weighted by Crippen LogP contribution is -2.12. The highest BCUT2D eigenvalue weighted by Gasteiger charge is 2.00. The van der Waals surface area contributed by atoms with Crippen LogP contribution in [-0.4, -0.2) is 9.78 Å². The molecule has 0 aliphatic carbocycles. The molecule has 0 bridgehead atoms. The largest absolute Gasteiger partial charge is 0.309 e. The first-order valence-electron chi connectivity index (χ1n) is 6.64. The van der Waals surface area contributed by atoms with Crippen LogP contribution < -0.4 is 5.32 Å². The normalized spacial score (nSPS) is 10.9. The molecule has 2 aromatic rings. The summed E-state index contributed by atoms with van der Waals surface area (Å²) in [6.45, 7) is 9.79. The summed E-state index contributed by atoms with van der Waals surface area (Å²) in [6, 6.07) is 8.79. The van der Waals surface area contributed by atoms with Gasteiger partial charge in [0.1, 0.15) is 0 Å². The van der Waals surface area contributed by atoms with E-state index in [1.807, 2.05) is 12.4 Å². The SMILES string of the molecule is C=Cn1cc(CNCc2ccc(C(C)C)cc2)cn1. The summed E-state index contributed by atoms with van der Waals surface area (Å²) >= 11 is 0. The number of hydrogen-bond donors (Lipinski definition) is 1. The third-order valence-electron chi connectivity index (χ3n) is 3.15. The zero-order valence-corrected chi connectivity index (χ0v) is 11.6. The lowest BCUT2D eigenvalue weighted by atomic mass is 10.0. The molecule has 0 unspecified atom stereocenters. The van der Waals surface area contributed by atoms with E-state index in [0.717, 1.165) is 13.1 Å². The van der Waals surface area contributed by atoms with E-state index in [2.05, 4.69) is 55.1 Å². The van der Waals surface area contributed by atoms with E-state index >= 15 is 0 Å². The van der Waals surface area contributed by atoms with E-state index in [4.69, 9.17) is 0 Å². The van der Waals surface area contributed by atoms with Gasteiger partial charge in [-0.05, 0) is 17.0 Å². The predicted molar refractivity (Wildman–Crippen MR) is 79.7 cm³/mol. The monoisotopic (exact) mass is 255 g/mol. The topological polar surface area (TPSA) is 29.9 Å². The van der Waals surface area contributed by atoms with Gasteiger partial charge >= 0.3 is 0 Å². The molecular weight excluding hydrogens is 234 g/mol. The third-order valence-corrected chi connectivity index (χ3v) is 3.15. The van der Waals surface area contributed by atoms with Crippen LogP contribution in [0.2, 0.25) is 0 Å². The van der Waals surface area contributed by atoms with Crippen LogP contribution in [0.5, 0.6) is 0 Å². The molecule has 3 heteroatoms. The first-order valence-corrected chi connectivity index (χ1v) is 6.64. The fraction of sp³-hybridized carbons (Fsp3) is 0.312. The Labute approximate surface area is 115 Å². The van der Waals surface area contributed by atoms with E-state index in [-0.39, 0.29) is 0 Å². The molecule has 0 saturated carbocycles. The van der Waals surface area contributed by atoms with Gasteiger partial charge in [0, 0.05) is 31.0 Å². The van der Waals surface area contributed by atoms with Crippen LogP contribution in [0.1, 0.15) is 36.5 Å². The van der Waals surface area contributed by atoms with Crippen molar-refractivity contribution >= 4 is 6.20 Å². The maximum absolute atomic E-state index is 4.15. The average molecular weight is 255 g/mol. The zero-order valence-electron chi connectivity index (χ0n) is 11.6. The van der Waals surface area contributed by atoms with Gasteiger partial charge in [0.15, 0.2) is 0 Å². The maximum atomic E-state index is 4.15. The highest BCUT2D eigenvalue weighted by atomic mass is 15.2. The number of benzene rings is 1. The number of hydrogen-bond acceptors (Lipinski definition) is 2. The lowest BCUT2D eigenvalue weighted by molar-refractivity contribution is 0.692. The Morgan fingerprint density at radius 2 is 1.89 bits per heavy atom. The highest BCUT2D eigenvalue weighted by molar-refractivity contribution is 5.24. The van der Waals surface area contributed by atoms with Gasteiger partial charge in [0.05, 0.1) is 6.20 Å². The van der Waals surface area contributed by atoms with Crippen molar-refractivity contribution in [2.75, 3.05) is 0 Å². The fourth-order valence-electron chi connectivity index (χ4n) is 1.94. The lowest BCUT2D eigenvalue weighted by Gasteiger charge is -2.07. The Morgan fingerprint density at radius 3 is 2.47 bits per heavy atom. The molecule has 100 valence electrons. The molecule has 0 aliphatic heterocycles. The van der Waals surface area contributed by atoms with Crippen molar-refractivity contribution in [1.82, 2.24) is 15.1 Å². The van der Waals surface area contributed by atoms with Gasteiger partial charge in [-0.15, -0.1) is 0 Å². The van der Waals surface area contributed by atoms with Crippen molar-refractivity contribution in [2.24, 2.45) is 0 Å². The molecule has 0 saturated heterocycles. The molecule has 2 rings (SSSR count). The molecular formula is C16H21N3. The quantitative estimate of drug-likeness (QED) is 0.857. The van der Waals surface area contributed by atoms with Gasteiger partial charge < -0.3 is 5.32 Å². The summed E-state index contributed by atoms with van der Waals surface area (Å²) < 4.78 is 1.72. The molecule has 0 atom stereocenters. The van der Waals surface area contributed by atoms with E-state index < -0.39 is 0 Å². The summed E-state index contributed by atoms with van der Waals surface area (Å²) in [5.41, 5.74) is 3.86. The van der Waals surface area contributed by atoms with Crippen molar-refractivity contribution in [2.45, 2.75) is 32.9 Å². The molecule has 0 radical (unpaired) electrons. The van der Waals surface area contributed by atoms with Gasteiger partial charge in [0.25, 0.3) is 0 Å². The minimum absolute atomic E-state index is 0.590. The summed E-state index contributed by atoms with van der Waals surface area (Å²) in [5.74, 6) is 0.590. The second-order valence-corrected chi connectivity index (χ2v) is 5.01. The Morgan fingerprint density at radius 1 is 1.21 bits per heavy atom. The summed E-state index contributed by atoms with van der Waals surface area (Å²) in [4.78, 5) is 0. The molecule has 1 aromatic carbocycles. The molecule has 1 heterocycles. The maximum Gasteiger partial charge on any atom is 0.0538 e. The molecule has 1 N–H and O–H groups in total. The Balaban J connectivity index is 1.83. The average Bonchev–Trinajstić information content (AvgIpc) is 2.87. The molecule has 0 fully saturated rings. The zero-order chi connectivity index (χ0) is 13.7. The molecule has 0 spiro atoms. The van der Waals surface area contributed by atoms with Crippen LogP contribution in [-0.2, 0) is 13.1 Å². The first kappa shape index (κ1) is 13.6. The van der Waals surface area contributed by atoms with Crippen molar-refractivity contribution in [3.63, 3.8) is 0 Å². The first-order chi connectivity index (χ1) is 9.19. The summed E-state index contributed by atoms with van der Waals surface area (Å²) in [5, 5.41) is 7.57. The number of nitrogens with zero attached hydrogens (tertiary/aromatic N) is 2. The number of nitrogens with one attached hydrogen (secondary N) is 1. The van der Waals surface area contributed by atoms with E-state index in [0.29, 0.717) is 5.92 Å². The van der Waals surface area contributed by atoms with Gasteiger partial charge in [-0.2, -0.15) is 5.10 Å². The Bertz CT molecular complexity index is 523. The molecule has 3 nitrogen and oxygen atoms in total. The Hall–Kier alpha value is -1.87. The molecule has 0 aliphatic rings. The van der Waals surface area contributed by atoms with E-state index in [1.54, 1.807) is 10.9 Å². The van der Waals surface area contributed by atoms with E-state index in [9.17, 15) is 0 Å². The van der Waals surface area contributed by atoms with Crippen LogP contribution in [0.25, 0.3) is 6.20 Å². The molecule has 19 heavy (non-hydrogen) atoms. The smallest absolute Gasteiger partial charge is 0.0538 e. The molecule has 0 amide bonds. The van der Waals surface area contributed by atoms with Gasteiger partial charge in [-0.25, -0.2) is 4.68 Å². The second-order valence-electron chi connectivity index (χ2n) is 5.01. The number of rotatable bonds is 6. The van der Waals surface area contributed by atoms with Crippen molar-refractivity contribution in [3.05, 3.63) is 59.9 Å². The minimum Gasteiger partial charge on any atom is -0.309 e. The van der Waals surface area contributed by atoms with Crippen molar-refractivity contribution in [3.8, 4) is 0 Å². The highest BCUT2D eigenvalue weighted by Crippen LogP contribution is 2.14. The Kier molecular flexibility index (Phi) is 4.53.